The van der Waals surface area contributed by atoms with Crippen LogP contribution in [0.3, 0.4) is 0 Å². The number of pyridine rings is 1. The molecule has 0 unspecified atom stereocenters. The molecule has 0 bridgehead atoms. The van der Waals surface area contributed by atoms with Gasteiger partial charge in [0.2, 0.25) is 0 Å². The van der Waals surface area contributed by atoms with Crippen LogP contribution in [0, 0.1) is 12.3 Å². The van der Waals surface area contributed by atoms with Gasteiger partial charge in [0.25, 0.3) is 5.91 Å². The molecule has 1 aliphatic rings. The van der Waals surface area contributed by atoms with Crippen LogP contribution >= 0.6 is 0 Å². The van der Waals surface area contributed by atoms with Crippen molar-refractivity contribution in [2.75, 3.05) is 13.2 Å². The van der Waals surface area contributed by atoms with Crippen LogP contribution in [-0.2, 0) is 0 Å². The van der Waals surface area contributed by atoms with Crippen molar-refractivity contribution in [3.05, 3.63) is 29.6 Å². The van der Waals surface area contributed by atoms with E-state index in [1.807, 2.05) is 19.1 Å². The molecule has 4 nitrogen and oxygen atoms in total. The molecule has 0 saturated heterocycles. The summed E-state index contributed by atoms with van der Waals surface area (Å²) in [7, 11) is 0. The second kappa shape index (κ2) is 4.84. The zero-order valence-corrected chi connectivity index (χ0v) is 10.1. The molecule has 2 rings (SSSR count). The lowest BCUT2D eigenvalue weighted by Crippen LogP contribution is -2.31. The number of carbonyl (C=O) groups is 1. The van der Waals surface area contributed by atoms with Gasteiger partial charge in [0.05, 0.1) is 0 Å². The van der Waals surface area contributed by atoms with E-state index in [2.05, 4.69) is 10.3 Å². The Balaban J connectivity index is 1.90. The number of aliphatic hydroxyl groups is 1. The molecule has 2 N–H and O–H groups in total. The van der Waals surface area contributed by atoms with Crippen LogP contribution in [0.4, 0.5) is 0 Å². The molecular weight excluding hydrogens is 216 g/mol. The number of aromatic nitrogens is 1. The van der Waals surface area contributed by atoms with E-state index < -0.39 is 0 Å². The maximum atomic E-state index is 11.8. The van der Waals surface area contributed by atoms with Crippen molar-refractivity contribution in [1.82, 2.24) is 10.3 Å². The lowest BCUT2D eigenvalue weighted by atomic mass is 10.0. The summed E-state index contributed by atoms with van der Waals surface area (Å²) in [6.45, 7) is 2.70. The fourth-order valence-electron chi connectivity index (χ4n) is 1.96. The summed E-state index contributed by atoms with van der Waals surface area (Å²) < 4.78 is 0. The van der Waals surface area contributed by atoms with Crippen LogP contribution in [0.1, 0.15) is 35.4 Å². The van der Waals surface area contributed by atoms with Crippen molar-refractivity contribution in [3.8, 4) is 0 Å². The Bertz CT molecular complexity index is 414. The molecule has 92 valence electrons. The van der Waals surface area contributed by atoms with Crippen LogP contribution in [0.2, 0.25) is 0 Å². The van der Waals surface area contributed by atoms with E-state index >= 15 is 0 Å². The summed E-state index contributed by atoms with van der Waals surface area (Å²) in [4.78, 5) is 16.0. The minimum Gasteiger partial charge on any atom is -0.396 e. The predicted octanol–water partition coefficient (Wildman–Crippen LogP) is 1.28. The zero-order chi connectivity index (χ0) is 12.3. The van der Waals surface area contributed by atoms with Crippen LogP contribution in [0.25, 0.3) is 0 Å². The molecule has 0 radical (unpaired) electrons. The summed E-state index contributed by atoms with van der Waals surface area (Å²) in [5, 5.41) is 11.8. The maximum Gasteiger partial charge on any atom is 0.269 e. The highest BCUT2D eigenvalue weighted by Crippen LogP contribution is 2.47. The Morgan fingerprint density at radius 1 is 1.53 bits per heavy atom. The minimum absolute atomic E-state index is 0.127. The summed E-state index contributed by atoms with van der Waals surface area (Å²) in [5.74, 6) is -0.127. The van der Waals surface area contributed by atoms with Gasteiger partial charge in [0, 0.05) is 18.8 Å². The molecule has 1 fully saturated rings. The average Bonchev–Trinajstić information content (AvgIpc) is 3.07. The summed E-state index contributed by atoms with van der Waals surface area (Å²) in [6.07, 6.45) is 2.96. The summed E-state index contributed by atoms with van der Waals surface area (Å²) >= 11 is 0. The quantitative estimate of drug-likeness (QED) is 0.806. The second-order valence-electron chi connectivity index (χ2n) is 4.82. The average molecular weight is 234 g/mol. The standard InChI is InChI=1S/C13H18N2O2/c1-10-3-2-4-11(15-10)12(17)14-9-13(5-6-13)7-8-16/h2-4,16H,5-9H2,1H3,(H,14,17). The Kier molecular flexibility index (Phi) is 3.43. The molecule has 1 aromatic heterocycles. The van der Waals surface area contributed by atoms with E-state index in [-0.39, 0.29) is 17.9 Å². The van der Waals surface area contributed by atoms with E-state index in [1.165, 1.54) is 0 Å². The normalized spacial score (nSPS) is 16.6. The molecule has 0 spiro atoms. The van der Waals surface area contributed by atoms with Crippen molar-refractivity contribution < 1.29 is 9.90 Å². The largest absolute Gasteiger partial charge is 0.396 e. The molecule has 4 heteroatoms. The van der Waals surface area contributed by atoms with E-state index in [1.54, 1.807) is 6.07 Å². The Morgan fingerprint density at radius 2 is 2.29 bits per heavy atom. The maximum absolute atomic E-state index is 11.8. The van der Waals surface area contributed by atoms with Gasteiger partial charge in [-0.3, -0.25) is 4.79 Å². The molecule has 1 amide bonds. The molecule has 1 aromatic rings. The number of rotatable bonds is 5. The zero-order valence-electron chi connectivity index (χ0n) is 10.1. The number of aliphatic hydroxyl groups excluding tert-OH is 1. The molecule has 1 heterocycles. The van der Waals surface area contributed by atoms with Gasteiger partial charge in [0.15, 0.2) is 0 Å². The topological polar surface area (TPSA) is 62.2 Å². The number of aryl methyl sites for hydroxylation is 1. The highest BCUT2D eigenvalue weighted by atomic mass is 16.3. The van der Waals surface area contributed by atoms with E-state index in [0.717, 1.165) is 25.0 Å². The van der Waals surface area contributed by atoms with Gasteiger partial charge in [0.1, 0.15) is 5.69 Å². The second-order valence-corrected chi connectivity index (χ2v) is 4.82. The lowest BCUT2D eigenvalue weighted by molar-refractivity contribution is 0.0935. The third kappa shape index (κ3) is 3.03. The van der Waals surface area contributed by atoms with Crippen LogP contribution in [0.15, 0.2) is 18.2 Å². The number of nitrogens with zero attached hydrogens (tertiary/aromatic N) is 1. The Morgan fingerprint density at radius 3 is 2.88 bits per heavy atom. The number of carbonyl (C=O) groups excluding carboxylic acids is 1. The fourth-order valence-corrected chi connectivity index (χ4v) is 1.96. The van der Waals surface area contributed by atoms with Gasteiger partial charge in [-0.25, -0.2) is 4.98 Å². The monoisotopic (exact) mass is 234 g/mol. The third-order valence-corrected chi connectivity index (χ3v) is 3.34. The number of nitrogens with one attached hydrogen (secondary N) is 1. The van der Waals surface area contributed by atoms with Gasteiger partial charge >= 0.3 is 0 Å². The summed E-state index contributed by atoms with van der Waals surface area (Å²) in [5.41, 5.74) is 1.45. The van der Waals surface area contributed by atoms with Gasteiger partial charge in [-0.15, -0.1) is 0 Å². The third-order valence-electron chi connectivity index (χ3n) is 3.34. The number of amides is 1. The van der Waals surface area contributed by atoms with Crippen molar-refractivity contribution >= 4 is 5.91 Å². The first kappa shape index (κ1) is 12.0. The Labute approximate surface area is 101 Å². The van der Waals surface area contributed by atoms with Crippen molar-refractivity contribution in [3.63, 3.8) is 0 Å². The molecule has 1 saturated carbocycles. The van der Waals surface area contributed by atoms with Crippen molar-refractivity contribution in [2.45, 2.75) is 26.2 Å². The van der Waals surface area contributed by atoms with Crippen LogP contribution in [-0.4, -0.2) is 29.1 Å². The summed E-state index contributed by atoms with van der Waals surface area (Å²) in [6, 6.07) is 5.41. The van der Waals surface area contributed by atoms with E-state index in [0.29, 0.717) is 12.2 Å². The predicted molar refractivity (Wildman–Crippen MR) is 64.7 cm³/mol. The first-order valence-corrected chi connectivity index (χ1v) is 5.98. The van der Waals surface area contributed by atoms with E-state index in [9.17, 15) is 4.79 Å². The highest BCUT2D eigenvalue weighted by molar-refractivity contribution is 5.92. The lowest BCUT2D eigenvalue weighted by Gasteiger charge is -2.14. The smallest absolute Gasteiger partial charge is 0.269 e. The van der Waals surface area contributed by atoms with Crippen LogP contribution < -0.4 is 5.32 Å². The van der Waals surface area contributed by atoms with Gasteiger partial charge < -0.3 is 10.4 Å². The molecule has 1 aliphatic carbocycles. The number of hydrogen-bond acceptors (Lipinski definition) is 3. The first-order chi connectivity index (χ1) is 8.15. The first-order valence-electron chi connectivity index (χ1n) is 5.98. The molecular formula is C13H18N2O2. The highest BCUT2D eigenvalue weighted by Gasteiger charge is 2.41. The molecule has 0 aliphatic heterocycles. The fraction of sp³-hybridized carbons (Fsp3) is 0.538. The molecule has 17 heavy (non-hydrogen) atoms. The van der Waals surface area contributed by atoms with Crippen molar-refractivity contribution in [2.24, 2.45) is 5.41 Å². The van der Waals surface area contributed by atoms with Gasteiger partial charge in [-0.1, -0.05) is 6.07 Å². The Hall–Kier alpha value is -1.42. The van der Waals surface area contributed by atoms with Gasteiger partial charge in [-0.2, -0.15) is 0 Å². The van der Waals surface area contributed by atoms with Gasteiger partial charge in [-0.05, 0) is 43.7 Å². The minimum atomic E-state index is -0.127. The SMILES string of the molecule is Cc1cccc(C(=O)NCC2(CCO)CC2)n1. The van der Waals surface area contributed by atoms with Crippen molar-refractivity contribution in [1.29, 1.82) is 0 Å². The molecule has 0 atom stereocenters. The van der Waals surface area contributed by atoms with Crippen LogP contribution in [0.5, 0.6) is 0 Å². The number of hydrogen-bond donors (Lipinski definition) is 2. The molecule has 0 aromatic carbocycles. The van der Waals surface area contributed by atoms with E-state index in [4.69, 9.17) is 5.11 Å².